The molecule has 2 nitrogen and oxygen atoms in total. The van der Waals surface area contributed by atoms with Crippen LogP contribution in [0, 0.1) is 11.8 Å². The van der Waals surface area contributed by atoms with E-state index in [4.69, 9.17) is 5.84 Å². The Morgan fingerprint density at radius 1 is 1.00 bits per heavy atom. The number of halogens is 3. The maximum atomic E-state index is 12.7. The van der Waals surface area contributed by atoms with Gasteiger partial charge in [-0.2, -0.15) is 13.2 Å². The molecule has 0 spiro atoms. The van der Waals surface area contributed by atoms with E-state index in [-0.39, 0.29) is 18.9 Å². The van der Waals surface area contributed by atoms with Crippen molar-refractivity contribution >= 4 is 0 Å². The summed E-state index contributed by atoms with van der Waals surface area (Å²) < 4.78 is 38.0. The first-order chi connectivity index (χ1) is 9.99. The van der Waals surface area contributed by atoms with Crippen LogP contribution in [-0.4, -0.2) is 12.2 Å². The first kappa shape index (κ1) is 18.8. The SMILES string of the molecule is CCCCCCCCC(NN)C1CCC(C(F)(F)F)CC1. The molecule has 0 saturated heterocycles. The normalized spacial score (nSPS) is 25.0. The zero-order valence-corrected chi connectivity index (χ0v) is 13.2. The van der Waals surface area contributed by atoms with Gasteiger partial charge in [0.1, 0.15) is 0 Å². The van der Waals surface area contributed by atoms with Crippen molar-refractivity contribution in [2.24, 2.45) is 17.7 Å². The zero-order valence-electron chi connectivity index (χ0n) is 13.2. The van der Waals surface area contributed by atoms with Gasteiger partial charge >= 0.3 is 6.18 Å². The largest absolute Gasteiger partial charge is 0.391 e. The minimum absolute atomic E-state index is 0.186. The van der Waals surface area contributed by atoms with Crippen LogP contribution >= 0.6 is 0 Å². The van der Waals surface area contributed by atoms with Crippen LogP contribution < -0.4 is 11.3 Å². The standard InChI is InChI=1S/C16H31F3N2/c1-2-3-4-5-6-7-8-15(21-20)13-9-11-14(12-10-13)16(17,18)19/h13-15,21H,2-12,20H2,1H3. The number of alkyl halides is 3. The van der Waals surface area contributed by atoms with E-state index in [1.54, 1.807) is 0 Å². The van der Waals surface area contributed by atoms with Crippen molar-refractivity contribution in [3.8, 4) is 0 Å². The number of rotatable bonds is 9. The van der Waals surface area contributed by atoms with Gasteiger partial charge in [-0.1, -0.05) is 45.4 Å². The predicted octanol–water partition coefficient (Wildman–Crippen LogP) is 4.94. The number of hydrazine groups is 1. The van der Waals surface area contributed by atoms with Crippen molar-refractivity contribution in [1.29, 1.82) is 0 Å². The molecule has 1 atom stereocenters. The lowest BCUT2D eigenvalue weighted by Crippen LogP contribution is -2.43. The molecule has 3 N–H and O–H groups in total. The smallest absolute Gasteiger partial charge is 0.271 e. The molecule has 1 rings (SSSR count). The summed E-state index contributed by atoms with van der Waals surface area (Å²) in [6.45, 7) is 2.20. The van der Waals surface area contributed by atoms with Gasteiger partial charge in [0, 0.05) is 6.04 Å². The van der Waals surface area contributed by atoms with E-state index < -0.39 is 12.1 Å². The molecule has 0 aromatic carbocycles. The fourth-order valence-corrected chi connectivity index (χ4v) is 3.45. The first-order valence-electron chi connectivity index (χ1n) is 8.51. The molecule has 5 heteroatoms. The molecule has 1 aliphatic carbocycles. The summed E-state index contributed by atoms with van der Waals surface area (Å²) in [6.07, 6.45) is 6.21. The Kier molecular flexibility index (Phi) is 8.64. The Morgan fingerprint density at radius 3 is 2.10 bits per heavy atom. The monoisotopic (exact) mass is 308 g/mol. The molecule has 1 unspecified atom stereocenters. The molecular weight excluding hydrogens is 277 g/mol. The van der Waals surface area contributed by atoms with Crippen LogP contribution in [0.2, 0.25) is 0 Å². The van der Waals surface area contributed by atoms with Crippen LogP contribution in [0.1, 0.15) is 77.6 Å². The Balaban J connectivity index is 2.21. The van der Waals surface area contributed by atoms with Crippen molar-refractivity contribution in [2.75, 3.05) is 0 Å². The average molecular weight is 308 g/mol. The van der Waals surface area contributed by atoms with Crippen LogP contribution in [0.15, 0.2) is 0 Å². The highest BCUT2D eigenvalue weighted by Gasteiger charge is 2.42. The van der Waals surface area contributed by atoms with Crippen molar-refractivity contribution in [3.63, 3.8) is 0 Å². The molecule has 21 heavy (non-hydrogen) atoms. The number of unbranched alkanes of at least 4 members (excludes halogenated alkanes) is 5. The fourth-order valence-electron chi connectivity index (χ4n) is 3.45. The molecule has 0 bridgehead atoms. The summed E-state index contributed by atoms with van der Waals surface area (Å²) in [5.41, 5.74) is 2.85. The maximum absolute atomic E-state index is 12.7. The van der Waals surface area contributed by atoms with Crippen LogP contribution in [-0.2, 0) is 0 Å². The van der Waals surface area contributed by atoms with Gasteiger partial charge in [-0.25, -0.2) is 0 Å². The van der Waals surface area contributed by atoms with Gasteiger partial charge in [0.05, 0.1) is 5.92 Å². The van der Waals surface area contributed by atoms with Gasteiger partial charge < -0.3 is 0 Å². The van der Waals surface area contributed by atoms with E-state index in [0.717, 1.165) is 12.8 Å². The lowest BCUT2D eigenvalue weighted by molar-refractivity contribution is -0.184. The Bertz CT molecular complexity index is 261. The molecule has 0 heterocycles. The van der Waals surface area contributed by atoms with Gasteiger partial charge in [0.2, 0.25) is 0 Å². The van der Waals surface area contributed by atoms with Crippen molar-refractivity contribution in [1.82, 2.24) is 5.43 Å². The Hall–Kier alpha value is -0.290. The second kappa shape index (κ2) is 9.67. The van der Waals surface area contributed by atoms with E-state index in [9.17, 15) is 13.2 Å². The molecule has 1 saturated carbocycles. The summed E-state index contributed by atoms with van der Waals surface area (Å²) in [6, 6.07) is 0.186. The molecule has 0 aromatic heterocycles. The molecule has 0 radical (unpaired) electrons. The summed E-state index contributed by atoms with van der Waals surface area (Å²) in [5, 5.41) is 0. The zero-order chi connectivity index (χ0) is 15.7. The van der Waals surface area contributed by atoms with Crippen molar-refractivity contribution in [3.05, 3.63) is 0 Å². The average Bonchev–Trinajstić information content (AvgIpc) is 2.46. The molecule has 0 aliphatic heterocycles. The third kappa shape index (κ3) is 7.00. The third-order valence-electron chi connectivity index (χ3n) is 4.89. The molecule has 0 amide bonds. The maximum Gasteiger partial charge on any atom is 0.391 e. The summed E-state index contributed by atoms with van der Waals surface area (Å²) in [4.78, 5) is 0. The minimum atomic E-state index is -4.02. The van der Waals surface area contributed by atoms with Crippen LogP contribution in [0.4, 0.5) is 13.2 Å². The van der Waals surface area contributed by atoms with Gasteiger partial charge in [0.15, 0.2) is 0 Å². The van der Waals surface area contributed by atoms with Crippen LogP contribution in [0.5, 0.6) is 0 Å². The van der Waals surface area contributed by atoms with E-state index in [0.29, 0.717) is 18.8 Å². The number of hydrogen-bond acceptors (Lipinski definition) is 2. The highest BCUT2D eigenvalue weighted by atomic mass is 19.4. The topological polar surface area (TPSA) is 38.0 Å². The summed E-state index contributed by atoms with van der Waals surface area (Å²) >= 11 is 0. The number of hydrogen-bond donors (Lipinski definition) is 2. The van der Waals surface area contributed by atoms with Gasteiger partial charge in [0.25, 0.3) is 0 Å². The van der Waals surface area contributed by atoms with Gasteiger partial charge in [-0.15, -0.1) is 0 Å². The lowest BCUT2D eigenvalue weighted by Gasteiger charge is -2.34. The molecule has 0 aromatic rings. The number of nitrogens with one attached hydrogen (secondary N) is 1. The quantitative estimate of drug-likeness (QED) is 0.360. The van der Waals surface area contributed by atoms with Crippen LogP contribution in [0.3, 0.4) is 0 Å². The molecular formula is C16H31F3N2. The van der Waals surface area contributed by atoms with Crippen LogP contribution in [0.25, 0.3) is 0 Å². The van der Waals surface area contributed by atoms with E-state index in [1.165, 1.54) is 32.1 Å². The second-order valence-corrected chi connectivity index (χ2v) is 6.48. The molecule has 1 aliphatic rings. The molecule has 1 fully saturated rings. The predicted molar refractivity (Wildman–Crippen MR) is 80.6 cm³/mol. The number of nitrogens with two attached hydrogens (primary N) is 1. The highest BCUT2D eigenvalue weighted by molar-refractivity contribution is 4.83. The van der Waals surface area contributed by atoms with E-state index in [1.807, 2.05) is 0 Å². The molecule has 126 valence electrons. The summed E-state index contributed by atoms with van der Waals surface area (Å²) in [7, 11) is 0. The van der Waals surface area contributed by atoms with Crippen molar-refractivity contribution in [2.45, 2.75) is 89.8 Å². The van der Waals surface area contributed by atoms with Gasteiger partial charge in [-0.3, -0.25) is 11.3 Å². The van der Waals surface area contributed by atoms with E-state index >= 15 is 0 Å². The minimum Gasteiger partial charge on any atom is -0.271 e. The van der Waals surface area contributed by atoms with Crippen molar-refractivity contribution < 1.29 is 13.2 Å². The second-order valence-electron chi connectivity index (χ2n) is 6.48. The fraction of sp³-hybridized carbons (Fsp3) is 1.00. The van der Waals surface area contributed by atoms with Gasteiger partial charge in [-0.05, 0) is 38.0 Å². The van der Waals surface area contributed by atoms with E-state index in [2.05, 4.69) is 12.3 Å². The lowest BCUT2D eigenvalue weighted by atomic mass is 9.77. The highest BCUT2D eigenvalue weighted by Crippen LogP contribution is 2.40. The first-order valence-corrected chi connectivity index (χ1v) is 8.51. The Morgan fingerprint density at radius 2 is 1.57 bits per heavy atom. The Labute approximate surface area is 127 Å². The summed E-state index contributed by atoms with van der Waals surface area (Å²) in [5.74, 6) is 4.83. The third-order valence-corrected chi connectivity index (χ3v) is 4.89.